The van der Waals surface area contributed by atoms with Crippen LogP contribution in [-0.4, -0.2) is 35.0 Å². The molecule has 122 valence electrons. The van der Waals surface area contributed by atoms with Gasteiger partial charge in [0.2, 0.25) is 0 Å². The Kier molecular flexibility index (Phi) is 5.76. The summed E-state index contributed by atoms with van der Waals surface area (Å²) >= 11 is 0. The minimum absolute atomic E-state index is 0.299. The van der Waals surface area contributed by atoms with E-state index in [0.717, 1.165) is 0 Å². The summed E-state index contributed by atoms with van der Waals surface area (Å²) < 4.78 is 10.3. The first-order valence-corrected chi connectivity index (χ1v) is 6.70. The molecule has 1 aromatic carbocycles. The first-order valence-electron chi connectivity index (χ1n) is 6.70. The van der Waals surface area contributed by atoms with Crippen LogP contribution in [0.3, 0.4) is 0 Å². The molecule has 1 rings (SSSR count). The van der Waals surface area contributed by atoms with Crippen molar-refractivity contribution in [3.63, 3.8) is 0 Å². The monoisotopic (exact) mass is 311 g/mol. The summed E-state index contributed by atoms with van der Waals surface area (Å²) in [5.41, 5.74) is 0.117. The molecule has 0 bridgehead atoms. The number of ether oxygens (including phenoxy) is 2. The highest BCUT2D eigenvalue weighted by atomic mass is 16.6. The second-order valence-corrected chi connectivity index (χ2v) is 5.70. The number of hydrogen-bond donors (Lipinski definition) is 3. The normalized spacial score (nSPS) is 12.4. The van der Waals surface area contributed by atoms with Gasteiger partial charge in [-0.3, -0.25) is 10.1 Å². The molecule has 1 atom stereocenters. The summed E-state index contributed by atoms with van der Waals surface area (Å²) in [4.78, 5) is 22.4. The number of rotatable bonds is 5. The van der Waals surface area contributed by atoms with Crippen molar-refractivity contribution in [2.24, 2.45) is 0 Å². The van der Waals surface area contributed by atoms with E-state index in [2.05, 4.69) is 5.32 Å². The van der Waals surface area contributed by atoms with Crippen LogP contribution < -0.4 is 10.1 Å². The molecule has 0 heterocycles. The number of carbonyl (C=O) groups excluding carboxylic acids is 1. The molecule has 7 heteroatoms. The number of carboxylic acid groups (broad SMARTS) is 1. The topological polar surface area (TPSA) is 105 Å². The van der Waals surface area contributed by atoms with Gasteiger partial charge in [-0.15, -0.1) is 0 Å². The highest BCUT2D eigenvalue weighted by molar-refractivity contribution is 5.87. The highest BCUT2D eigenvalue weighted by Gasteiger charge is 2.19. The van der Waals surface area contributed by atoms with Crippen molar-refractivity contribution in [1.82, 2.24) is 0 Å². The standard InChI is InChI=1S/C15H21NO6/c1-15(2,3)22-14(20)16-10-6-5-9(7-12(10)21-4)11(17)8-13(18)19/h5-7,11,17H,8H2,1-4H3,(H,16,20)(H,18,19)/t11-/m0/s1. The van der Waals surface area contributed by atoms with Crippen molar-refractivity contribution >= 4 is 17.7 Å². The van der Waals surface area contributed by atoms with E-state index >= 15 is 0 Å². The molecule has 22 heavy (non-hydrogen) atoms. The number of aliphatic hydroxyl groups is 1. The Morgan fingerprint density at radius 2 is 1.95 bits per heavy atom. The lowest BCUT2D eigenvalue weighted by atomic mass is 10.1. The average Bonchev–Trinajstić information content (AvgIpc) is 2.35. The van der Waals surface area contributed by atoms with E-state index in [-0.39, 0.29) is 0 Å². The number of aliphatic carboxylic acids is 1. The predicted molar refractivity (Wildman–Crippen MR) is 80.1 cm³/mol. The Morgan fingerprint density at radius 1 is 1.32 bits per heavy atom. The summed E-state index contributed by atoms with van der Waals surface area (Å²) in [7, 11) is 1.41. The minimum atomic E-state index is -1.15. The molecule has 0 saturated carbocycles. The fourth-order valence-electron chi connectivity index (χ4n) is 1.72. The van der Waals surface area contributed by atoms with Gasteiger partial charge in [0.1, 0.15) is 11.4 Å². The molecule has 0 aliphatic carbocycles. The van der Waals surface area contributed by atoms with Gasteiger partial charge in [0.05, 0.1) is 25.3 Å². The summed E-state index contributed by atoms with van der Waals surface area (Å²) in [5, 5.41) is 21.0. The van der Waals surface area contributed by atoms with Crippen LogP contribution in [0.25, 0.3) is 0 Å². The average molecular weight is 311 g/mol. The number of carboxylic acids is 1. The summed E-state index contributed by atoms with van der Waals surface area (Å²) in [6.07, 6.45) is -2.20. The second-order valence-electron chi connectivity index (χ2n) is 5.70. The lowest BCUT2D eigenvalue weighted by molar-refractivity contribution is -0.139. The van der Waals surface area contributed by atoms with E-state index in [0.29, 0.717) is 17.0 Å². The van der Waals surface area contributed by atoms with Gasteiger partial charge in [0, 0.05) is 0 Å². The number of hydrogen-bond acceptors (Lipinski definition) is 5. The van der Waals surface area contributed by atoms with Gasteiger partial charge < -0.3 is 19.7 Å². The zero-order valence-electron chi connectivity index (χ0n) is 13.0. The van der Waals surface area contributed by atoms with E-state index in [4.69, 9.17) is 14.6 Å². The maximum Gasteiger partial charge on any atom is 0.412 e. The maximum atomic E-state index is 11.7. The van der Waals surface area contributed by atoms with E-state index in [1.54, 1.807) is 20.8 Å². The van der Waals surface area contributed by atoms with Crippen molar-refractivity contribution in [3.05, 3.63) is 23.8 Å². The molecule has 0 aromatic heterocycles. The number of aliphatic hydroxyl groups excluding tert-OH is 1. The maximum absolute atomic E-state index is 11.7. The van der Waals surface area contributed by atoms with Crippen LogP contribution in [-0.2, 0) is 9.53 Å². The third kappa shape index (κ3) is 5.61. The zero-order chi connectivity index (χ0) is 16.9. The Balaban J connectivity index is 2.89. The second kappa shape index (κ2) is 7.13. The fraction of sp³-hybridized carbons (Fsp3) is 0.467. The van der Waals surface area contributed by atoms with Crippen molar-refractivity contribution in [3.8, 4) is 5.75 Å². The quantitative estimate of drug-likeness (QED) is 0.772. The molecule has 1 amide bonds. The van der Waals surface area contributed by atoms with Crippen LogP contribution in [0.5, 0.6) is 5.75 Å². The molecular formula is C15H21NO6. The number of carbonyl (C=O) groups is 2. The summed E-state index contributed by atoms with van der Waals surface area (Å²) in [6, 6.07) is 4.51. The van der Waals surface area contributed by atoms with Crippen molar-refractivity contribution in [2.45, 2.75) is 38.9 Å². The van der Waals surface area contributed by atoms with Gasteiger partial charge in [-0.1, -0.05) is 6.07 Å². The smallest absolute Gasteiger partial charge is 0.412 e. The summed E-state index contributed by atoms with van der Waals surface area (Å²) in [5.74, 6) is -0.810. The number of nitrogens with one attached hydrogen (secondary N) is 1. The minimum Gasteiger partial charge on any atom is -0.495 e. The fourth-order valence-corrected chi connectivity index (χ4v) is 1.72. The van der Waals surface area contributed by atoms with Crippen LogP contribution in [0.4, 0.5) is 10.5 Å². The molecule has 0 spiro atoms. The van der Waals surface area contributed by atoms with Crippen molar-refractivity contribution in [1.29, 1.82) is 0 Å². The lowest BCUT2D eigenvalue weighted by Gasteiger charge is -2.20. The van der Waals surface area contributed by atoms with Gasteiger partial charge >= 0.3 is 12.1 Å². The third-order valence-electron chi connectivity index (χ3n) is 2.61. The lowest BCUT2D eigenvalue weighted by Crippen LogP contribution is -2.27. The third-order valence-corrected chi connectivity index (χ3v) is 2.61. The first-order chi connectivity index (χ1) is 10.1. The van der Waals surface area contributed by atoms with E-state index in [1.165, 1.54) is 25.3 Å². The van der Waals surface area contributed by atoms with E-state index < -0.39 is 30.2 Å². The highest BCUT2D eigenvalue weighted by Crippen LogP contribution is 2.29. The molecule has 0 fully saturated rings. The first kappa shape index (κ1) is 17.8. The van der Waals surface area contributed by atoms with Crippen LogP contribution in [0.1, 0.15) is 38.9 Å². The molecule has 1 aromatic rings. The molecule has 3 N–H and O–H groups in total. The van der Waals surface area contributed by atoms with Gasteiger partial charge in [-0.05, 0) is 38.5 Å². The van der Waals surface area contributed by atoms with Crippen LogP contribution >= 0.6 is 0 Å². The Labute approximate surface area is 128 Å². The van der Waals surface area contributed by atoms with E-state index in [1.807, 2.05) is 0 Å². The van der Waals surface area contributed by atoms with Crippen LogP contribution in [0, 0.1) is 0 Å². The van der Waals surface area contributed by atoms with Crippen LogP contribution in [0.2, 0.25) is 0 Å². The molecular weight excluding hydrogens is 290 g/mol. The summed E-state index contributed by atoms with van der Waals surface area (Å²) in [6.45, 7) is 5.24. The molecule has 0 radical (unpaired) electrons. The molecule has 0 aliphatic heterocycles. The van der Waals surface area contributed by atoms with Crippen molar-refractivity contribution in [2.75, 3.05) is 12.4 Å². The van der Waals surface area contributed by atoms with Crippen LogP contribution in [0.15, 0.2) is 18.2 Å². The largest absolute Gasteiger partial charge is 0.495 e. The Bertz CT molecular complexity index is 549. The van der Waals surface area contributed by atoms with Gasteiger partial charge in [0.25, 0.3) is 0 Å². The molecule has 7 nitrogen and oxygen atoms in total. The number of amides is 1. The van der Waals surface area contributed by atoms with E-state index in [9.17, 15) is 14.7 Å². The molecule has 0 saturated heterocycles. The number of anilines is 1. The Morgan fingerprint density at radius 3 is 2.45 bits per heavy atom. The number of benzene rings is 1. The molecule has 0 unspecified atom stereocenters. The van der Waals surface area contributed by atoms with Gasteiger partial charge in [0.15, 0.2) is 0 Å². The van der Waals surface area contributed by atoms with Crippen molar-refractivity contribution < 1.29 is 29.3 Å². The Hall–Kier alpha value is -2.28. The van der Waals surface area contributed by atoms with Gasteiger partial charge in [-0.2, -0.15) is 0 Å². The molecule has 0 aliphatic rings. The van der Waals surface area contributed by atoms with Gasteiger partial charge in [-0.25, -0.2) is 4.79 Å². The SMILES string of the molecule is COc1cc([C@@H](O)CC(=O)O)ccc1NC(=O)OC(C)(C)C. The zero-order valence-corrected chi connectivity index (χ0v) is 13.0. The predicted octanol–water partition coefficient (Wildman–Crippen LogP) is 2.55. The number of methoxy groups -OCH3 is 1.